The molecule has 0 bridgehead atoms. The third kappa shape index (κ3) is 8.70. The summed E-state index contributed by atoms with van der Waals surface area (Å²) in [6.07, 6.45) is -0.487. The number of nitrogen functional groups attached to an aromatic ring is 1. The summed E-state index contributed by atoms with van der Waals surface area (Å²) in [5.74, 6) is 0.325. The lowest BCUT2D eigenvalue weighted by Crippen LogP contribution is -2.50. The number of rotatable bonds is 6. The molecule has 0 fully saturated rings. The number of aliphatic imine (C=N–C) groups is 1. The highest BCUT2D eigenvalue weighted by Gasteiger charge is 2.38. The van der Waals surface area contributed by atoms with Crippen molar-refractivity contribution in [2.45, 2.75) is 59.4 Å². The third-order valence-electron chi connectivity index (χ3n) is 6.27. The van der Waals surface area contributed by atoms with Crippen LogP contribution in [0.1, 0.15) is 47.1 Å². The van der Waals surface area contributed by atoms with Crippen LogP contribution in [0.3, 0.4) is 0 Å². The number of hydrogen-bond donors (Lipinski definition) is 3. The summed E-state index contributed by atoms with van der Waals surface area (Å²) < 4.78 is 21.9. The average Bonchev–Trinajstić information content (AvgIpc) is 2.98. The average molecular weight is 696 g/mol. The lowest BCUT2D eigenvalue weighted by molar-refractivity contribution is 0.0578. The Morgan fingerprint density at radius 1 is 0.957 bits per heavy atom. The Bertz CT molecular complexity index is 1570. The smallest absolute Gasteiger partial charge is 0.423 e. The van der Waals surface area contributed by atoms with Gasteiger partial charge in [0.05, 0.1) is 32.2 Å². The number of halogens is 2. The van der Waals surface area contributed by atoms with Gasteiger partial charge in [-0.1, -0.05) is 29.3 Å². The van der Waals surface area contributed by atoms with Gasteiger partial charge in [0.2, 0.25) is 0 Å². The van der Waals surface area contributed by atoms with E-state index in [1.54, 1.807) is 53.7 Å². The molecule has 0 spiro atoms. The van der Waals surface area contributed by atoms with Crippen LogP contribution in [-0.4, -0.2) is 73.2 Å². The van der Waals surface area contributed by atoms with E-state index in [-0.39, 0.29) is 63.5 Å². The lowest BCUT2D eigenvalue weighted by Gasteiger charge is -2.33. The molecule has 0 atom stereocenters. The molecule has 0 aliphatic carbocycles. The summed E-state index contributed by atoms with van der Waals surface area (Å²) >= 11 is 13.2. The molecule has 2 aromatic rings. The maximum absolute atomic E-state index is 14.2. The molecule has 4 N–H and O–H groups in total. The van der Waals surface area contributed by atoms with Gasteiger partial charge in [0.15, 0.2) is 0 Å². The van der Waals surface area contributed by atoms with E-state index in [2.05, 4.69) is 10.3 Å². The maximum Gasteiger partial charge on any atom is 0.423 e. The molecular weight excluding hydrogens is 655 g/mol. The number of benzene rings is 2. The van der Waals surface area contributed by atoms with E-state index in [0.29, 0.717) is 10.5 Å². The topological polar surface area (TPSA) is 168 Å². The number of ether oxygens (including phenoxy) is 4. The SMILES string of the molecule is COc1cc(OC)c(Cl)c(N(C(=O)OC(C)(C)C)C(=O)N(C)C2=NCNC(N(C(=O)OC(C)(C)C)c3ccc(CO)cc3N)=C2)c1Cl. The Hall–Kier alpha value is -4.40. The van der Waals surface area contributed by atoms with E-state index < -0.39 is 29.4 Å². The van der Waals surface area contributed by atoms with Crippen molar-refractivity contribution in [3.63, 3.8) is 0 Å². The standard InChI is InChI=1S/C31H40Cl2N6O8/c1-30(2,3)46-28(42)38(19-11-10-17(15-40)12-18(19)34)23-14-22(35-16-36-23)37(7)27(41)39(29(43)47-31(4,5)6)26-24(32)20(44-8)13-21(45-9)25(26)33/h10-14,36,40H,15-16,34H2,1-9H3. The number of aliphatic hydroxyl groups is 1. The molecule has 0 radical (unpaired) electrons. The first-order chi connectivity index (χ1) is 21.8. The summed E-state index contributed by atoms with van der Waals surface area (Å²) in [5.41, 5.74) is 5.09. The molecule has 2 aromatic carbocycles. The van der Waals surface area contributed by atoms with E-state index in [9.17, 15) is 19.5 Å². The number of methoxy groups -OCH3 is 2. The number of imide groups is 1. The number of nitrogens with one attached hydrogen (secondary N) is 1. The van der Waals surface area contributed by atoms with E-state index in [1.807, 2.05) is 0 Å². The number of nitrogens with two attached hydrogens (primary N) is 1. The highest BCUT2D eigenvalue weighted by atomic mass is 35.5. The first-order valence-electron chi connectivity index (χ1n) is 14.3. The molecule has 1 heterocycles. The van der Waals surface area contributed by atoms with Crippen molar-refractivity contribution in [3.8, 4) is 11.5 Å². The predicted octanol–water partition coefficient (Wildman–Crippen LogP) is 6.12. The number of carbonyl (C=O) groups excluding carboxylic acids is 3. The summed E-state index contributed by atoms with van der Waals surface area (Å²) in [4.78, 5) is 48.7. The monoisotopic (exact) mass is 694 g/mol. The van der Waals surface area contributed by atoms with Crippen molar-refractivity contribution in [1.82, 2.24) is 10.2 Å². The van der Waals surface area contributed by atoms with Gasteiger partial charge < -0.3 is 35.1 Å². The van der Waals surface area contributed by atoms with Crippen molar-refractivity contribution in [2.75, 3.05) is 43.5 Å². The van der Waals surface area contributed by atoms with E-state index >= 15 is 0 Å². The van der Waals surface area contributed by atoms with E-state index in [1.165, 1.54) is 44.4 Å². The summed E-state index contributed by atoms with van der Waals surface area (Å²) in [7, 11) is 4.06. The molecule has 4 amide bonds. The normalized spacial score (nSPS) is 13.0. The van der Waals surface area contributed by atoms with Gasteiger partial charge >= 0.3 is 18.2 Å². The van der Waals surface area contributed by atoms with Crippen LogP contribution in [0.2, 0.25) is 10.0 Å². The van der Waals surface area contributed by atoms with Gasteiger partial charge in [-0.3, -0.25) is 4.90 Å². The fourth-order valence-corrected chi connectivity index (χ4v) is 4.87. The second-order valence-corrected chi connectivity index (χ2v) is 12.9. The Morgan fingerprint density at radius 3 is 2.00 bits per heavy atom. The molecule has 16 heteroatoms. The van der Waals surface area contributed by atoms with Crippen molar-refractivity contribution in [2.24, 2.45) is 4.99 Å². The third-order valence-corrected chi connectivity index (χ3v) is 7.00. The molecule has 3 rings (SSSR count). The Morgan fingerprint density at radius 2 is 1.51 bits per heavy atom. The fourth-order valence-electron chi connectivity index (χ4n) is 4.20. The summed E-state index contributed by atoms with van der Waals surface area (Å²) in [6, 6.07) is 5.12. The number of amidine groups is 1. The Labute approximate surface area is 283 Å². The molecule has 256 valence electrons. The van der Waals surface area contributed by atoms with Gasteiger partial charge in [-0.15, -0.1) is 0 Å². The first kappa shape index (κ1) is 37.1. The van der Waals surface area contributed by atoms with Crippen LogP contribution in [0.4, 0.5) is 31.4 Å². The quantitative estimate of drug-likeness (QED) is 0.300. The molecule has 0 saturated heterocycles. The van der Waals surface area contributed by atoms with Crippen LogP contribution >= 0.6 is 23.2 Å². The number of likely N-dealkylation sites (N-methyl/N-ethyl adjacent to an activating group) is 1. The molecule has 0 aromatic heterocycles. The van der Waals surface area contributed by atoms with Gasteiger partial charge in [-0.05, 0) is 59.2 Å². The maximum atomic E-state index is 14.2. The zero-order chi connectivity index (χ0) is 35.4. The molecule has 47 heavy (non-hydrogen) atoms. The zero-order valence-corrected chi connectivity index (χ0v) is 29.2. The van der Waals surface area contributed by atoms with E-state index in [4.69, 9.17) is 47.9 Å². The minimum Gasteiger partial charge on any atom is -0.495 e. The molecule has 1 aliphatic rings. The highest BCUT2D eigenvalue weighted by Crippen LogP contribution is 2.46. The van der Waals surface area contributed by atoms with Crippen molar-refractivity contribution >= 4 is 64.3 Å². The van der Waals surface area contributed by atoms with Gasteiger partial charge in [0.1, 0.15) is 56.8 Å². The highest BCUT2D eigenvalue weighted by molar-refractivity contribution is 6.43. The molecule has 14 nitrogen and oxygen atoms in total. The number of urea groups is 1. The first-order valence-corrected chi connectivity index (χ1v) is 15.0. The van der Waals surface area contributed by atoms with Crippen molar-refractivity contribution < 1.29 is 38.4 Å². The molecular formula is C31H40Cl2N6O8. The number of aliphatic hydroxyl groups excluding tert-OH is 1. The van der Waals surface area contributed by atoms with Gasteiger partial charge in [-0.2, -0.15) is 4.90 Å². The minimum absolute atomic E-state index is 0.0264. The lowest BCUT2D eigenvalue weighted by atomic mass is 10.1. The van der Waals surface area contributed by atoms with Gasteiger partial charge in [-0.25, -0.2) is 24.3 Å². The van der Waals surface area contributed by atoms with Crippen LogP contribution < -0.4 is 30.3 Å². The largest absolute Gasteiger partial charge is 0.495 e. The minimum atomic E-state index is -1.10. The van der Waals surface area contributed by atoms with Crippen molar-refractivity contribution in [1.29, 1.82) is 0 Å². The Balaban J connectivity index is 2.16. The van der Waals surface area contributed by atoms with Crippen LogP contribution in [0, 0.1) is 0 Å². The predicted molar refractivity (Wildman–Crippen MR) is 180 cm³/mol. The number of anilines is 3. The molecule has 0 saturated carbocycles. The number of nitrogens with zero attached hydrogens (tertiary/aromatic N) is 4. The number of carbonyl (C=O) groups is 3. The number of amides is 4. The van der Waals surface area contributed by atoms with E-state index in [0.717, 1.165) is 4.90 Å². The number of hydrogen-bond acceptors (Lipinski definition) is 11. The Kier molecular flexibility index (Phi) is 11.5. The summed E-state index contributed by atoms with van der Waals surface area (Å²) in [5, 5.41) is 12.2. The van der Waals surface area contributed by atoms with Crippen LogP contribution in [0.5, 0.6) is 11.5 Å². The van der Waals surface area contributed by atoms with Crippen molar-refractivity contribution in [3.05, 3.63) is 51.8 Å². The summed E-state index contributed by atoms with van der Waals surface area (Å²) in [6.45, 7) is 9.65. The van der Waals surface area contributed by atoms with Gasteiger partial charge in [0.25, 0.3) is 0 Å². The zero-order valence-electron chi connectivity index (χ0n) is 27.7. The van der Waals surface area contributed by atoms with Crippen LogP contribution in [-0.2, 0) is 16.1 Å². The van der Waals surface area contributed by atoms with Gasteiger partial charge in [0, 0.05) is 19.2 Å². The van der Waals surface area contributed by atoms with Crippen LogP contribution in [0.15, 0.2) is 41.2 Å². The van der Waals surface area contributed by atoms with Crippen LogP contribution in [0.25, 0.3) is 0 Å². The molecule has 0 unspecified atom stereocenters. The second-order valence-electron chi connectivity index (χ2n) is 12.2. The fraction of sp³-hybridized carbons (Fsp3) is 0.419. The molecule has 1 aliphatic heterocycles. The second kappa shape index (κ2) is 14.6.